The predicted molar refractivity (Wildman–Crippen MR) is 60.7 cm³/mol. The molecule has 0 aliphatic carbocycles. The van der Waals surface area contributed by atoms with Gasteiger partial charge in [0.15, 0.2) is 0 Å². The van der Waals surface area contributed by atoms with Gasteiger partial charge in [0.25, 0.3) is 0 Å². The summed E-state index contributed by atoms with van der Waals surface area (Å²) in [6.07, 6.45) is 12.6. The minimum atomic E-state index is 0.795. The molecule has 0 heterocycles. The van der Waals surface area contributed by atoms with E-state index in [1.165, 1.54) is 18.4 Å². The molecule has 76 valence electrons. The topological polar surface area (TPSA) is 26.0 Å². The number of rotatable bonds is 7. The second-order valence-electron chi connectivity index (χ2n) is 3.27. The van der Waals surface area contributed by atoms with Crippen molar-refractivity contribution in [3.05, 3.63) is 23.8 Å². The van der Waals surface area contributed by atoms with Crippen molar-refractivity contribution >= 4 is 0 Å². The SMILES string of the molecule is CC/C=C\C(=C/CCC)CCCN. The number of unbranched alkanes of at least 4 members (excludes halogenated alkanes) is 1. The molecule has 2 N–H and O–H groups in total. The van der Waals surface area contributed by atoms with Crippen LogP contribution in [-0.4, -0.2) is 6.54 Å². The van der Waals surface area contributed by atoms with E-state index in [-0.39, 0.29) is 0 Å². The zero-order valence-electron chi connectivity index (χ0n) is 9.05. The molecule has 0 aromatic carbocycles. The smallest absolute Gasteiger partial charge is 0.00741 e. The van der Waals surface area contributed by atoms with Crippen LogP contribution in [0.15, 0.2) is 23.8 Å². The van der Waals surface area contributed by atoms with Crippen LogP contribution in [0.2, 0.25) is 0 Å². The van der Waals surface area contributed by atoms with E-state index in [0.717, 1.165) is 25.8 Å². The average Bonchev–Trinajstić information content (AvgIpc) is 2.17. The summed E-state index contributed by atoms with van der Waals surface area (Å²) in [5.74, 6) is 0. The Morgan fingerprint density at radius 3 is 2.62 bits per heavy atom. The Morgan fingerprint density at radius 1 is 1.31 bits per heavy atom. The van der Waals surface area contributed by atoms with E-state index in [1.807, 2.05) is 0 Å². The summed E-state index contributed by atoms with van der Waals surface area (Å²) in [6.45, 7) is 5.17. The molecule has 0 bridgehead atoms. The zero-order chi connectivity index (χ0) is 9.94. The van der Waals surface area contributed by atoms with Crippen molar-refractivity contribution in [1.29, 1.82) is 0 Å². The molecule has 0 saturated heterocycles. The Hall–Kier alpha value is -0.560. The van der Waals surface area contributed by atoms with Crippen molar-refractivity contribution in [3.63, 3.8) is 0 Å². The Morgan fingerprint density at radius 2 is 2.08 bits per heavy atom. The van der Waals surface area contributed by atoms with Crippen molar-refractivity contribution in [2.24, 2.45) is 5.73 Å². The van der Waals surface area contributed by atoms with Gasteiger partial charge in [-0.2, -0.15) is 0 Å². The van der Waals surface area contributed by atoms with Gasteiger partial charge in [0, 0.05) is 0 Å². The highest BCUT2D eigenvalue weighted by Crippen LogP contribution is 2.09. The van der Waals surface area contributed by atoms with Gasteiger partial charge in [-0.15, -0.1) is 0 Å². The maximum Gasteiger partial charge on any atom is -0.00741 e. The summed E-state index contributed by atoms with van der Waals surface area (Å²) in [5, 5.41) is 0. The lowest BCUT2D eigenvalue weighted by Gasteiger charge is -2.00. The molecule has 0 amide bonds. The lowest BCUT2D eigenvalue weighted by atomic mass is 10.1. The van der Waals surface area contributed by atoms with E-state index in [4.69, 9.17) is 5.73 Å². The zero-order valence-corrected chi connectivity index (χ0v) is 9.05. The fraction of sp³-hybridized carbons (Fsp3) is 0.667. The van der Waals surface area contributed by atoms with Crippen molar-refractivity contribution < 1.29 is 0 Å². The number of allylic oxidation sites excluding steroid dienone is 4. The highest BCUT2D eigenvalue weighted by molar-refractivity contribution is 5.18. The van der Waals surface area contributed by atoms with E-state index in [9.17, 15) is 0 Å². The molecule has 1 heteroatoms. The summed E-state index contributed by atoms with van der Waals surface area (Å²) < 4.78 is 0. The first-order valence-electron chi connectivity index (χ1n) is 5.40. The predicted octanol–water partition coefficient (Wildman–Crippen LogP) is 3.42. The maximum atomic E-state index is 5.48. The largest absolute Gasteiger partial charge is 0.330 e. The van der Waals surface area contributed by atoms with Crippen LogP contribution in [0.3, 0.4) is 0 Å². The van der Waals surface area contributed by atoms with E-state index >= 15 is 0 Å². The average molecular weight is 181 g/mol. The lowest BCUT2D eigenvalue weighted by Crippen LogP contribution is -1.98. The molecule has 0 saturated carbocycles. The van der Waals surface area contributed by atoms with E-state index < -0.39 is 0 Å². The first kappa shape index (κ1) is 12.4. The summed E-state index contributed by atoms with van der Waals surface area (Å²) in [4.78, 5) is 0. The summed E-state index contributed by atoms with van der Waals surface area (Å²) >= 11 is 0. The minimum absolute atomic E-state index is 0.795. The van der Waals surface area contributed by atoms with Crippen molar-refractivity contribution in [1.82, 2.24) is 0 Å². The van der Waals surface area contributed by atoms with Gasteiger partial charge in [0.1, 0.15) is 0 Å². The number of hydrogen-bond acceptors (Lipinski definition) is 1. The van der Waals surface area contributed by atoms with Gasteiger partial charge in [-0.1, -0.05) is 44.1 Å². The van der Waals surface area contributed by atoms with Crippen molar-refractivity contribution in [3.8, 4) is 0 Å². The highest BCUT2D eigenvalue weighted by atomic mass is 14.5. The molecule has 0 aliphatic rings. The van der Waals surface area contributed by atoms with Crippen molar-refractivity contribution in [2.75, 3.05) is 6.54 Å². The molecule has 0 radical (unpaired) electrons. The third-order valence-electron chi connectivity index (χ3n) is 1.93. The second kappa shape index (κ2) is 9.53. The van der Waals surface area contributed by atoms with Crippen molar-refractivity contribution in [2.45, 2.75) is 46.0 Å². The van der Waals surface area contributed by atoms with Crippen LogP contribution in [0.25, 0.3) is 0 Å². The van der Waals surface area contributed by atoms with Crippen LogP contribution in [0.1, 0.15) is 46.0 Å². The minimum Gasteiger partial charge on any atom is -0.330 e. The Balaban J connectivity index is 3.94. The lowest BCUT2D eigenvalue weighted by molar-refractivity contribution is 0.826. The number of nitrogens with two attached hydrogens (primary N) is 1. The van der Waals surface area contributed by atoms with Gasteiger partial charge in [-0.3, -0.25) is 0 Å². The van der Waals surface area contributed by atoms with Crippen LogP contribution in [0.4, 0.5) is 0 Å². The molecular weight excluding hydrogens is 158 g/mol. The molecule has 0 unspecified atom stereocenters. The van der Waals surface area contributed by atoms with Crippen LogP contribution < -0.4 is 5.73 Å². The fourth-order valence-electron chi connectivity index (χ4n) is 1.16. The monoisotopic (exact) mass is 181 g/mol. The summed E-state index contributed by atoms with van der Waals surface area (Å²) in [7, 11) is 0. The Bertz CT molecular complexity index is 157. The van der Waals surface area contributed by atoms with Gasteiger partial charge in [-0.25, -0.2) is 0 Å². The normalized spacial score (nSPS) is 12.7. The van der Waals surface area contributed by atoms with Crippen LogP contribution >= 0.6 is 0 Å². The van der Waals surface area contributed by atoms with E-state index in [0.29, 0.717) is 0 Å². The fourth-order valence-corrected chi connectivity index (χ4v) is 1.16. The first-order valence-corrected chi connectivity index (χ1v) is 5.40. The van der Waals surface area contributed by atoms with Crippen LogP contribution in [0.5, 0.6) is 0 Å². The Kier molecular flexibility index (Phi) is 9.12. The van der Waals surface area contributed by atoms with Gasteiger partial charge in [0.2, 0.25) is 0 Å². The standard InChI is InChI=1S/C12H23N/c1-3-5-8-12(9-6-4-2)10-7-11-13/h5,8-9H,3-4,6-7,10-11,13H2,1-2H3/b8-5-,12-9+. The maximum absolute atomic E-state index is 5.48. The summed E-state index contributed by atoms with van der Waals surface area (Å²) in [5.41, 5.74) is 6.94. The van der Waals surface area contributed by atoms with Crippen LogP contribution in [0, 0.1) is 0 Å². The molecule has 0 aliphatic heterocycles. The molecule has 13 heavy (non-hydrogen) atoms. The molecule has 1 nitrogen and oxygen atoms in total. The molecule has 0 spiro atoms. The second-order valence-corrected chi connectivity index (χ2v) is 3.27. The molecule has 0 rings (SSSR count). The number of hydrogen-bond donors (Lipinski definition) is 1. The van der Waals surface area contributed by atoms with E-state index in [1.54, 1.807) is 0 Å². The van der Waals surface area contributed by atoms with Gasteiger partial charge in [-0.05, 0) is 32.2 Å². The van der Waals surface area contributed by atoms with E-state index in [2.05, 4.69) is 32.1 Å². The Labute approximate surface area is 82.7 Å². The third kappa shape index (κ3) is 7.79. The highest BCUT2D eigenvalue weighted by Gasteiger charge is 1.91. The van der Waals surface area contributed by atoms with Gasteiger partial charge >= 0.3 is 0 Å². The molecule has 0 atom stereocenters. The third-order valence-corrected chi connectivity index (χ3v) is 1.93. The molecule has 0 aromatic rings. The quantitative estimate of drug-likeness (QED) is 0.598. The summed E-state index contributed by atoms with van der Waals surface area (Å²) in [6, 6.07) is 0. The molecular formula is C12H23N. The van der Waals surface area contributed by atoms with Crippen LogP contribution in [-0.2, 0) is 0 Å². The molecule has 0 fully saturated rings. The molecule has 0 aromatic heterocycles. The van der Waals surface area contributed by atoms with Gasteiger partial charge in [0.05, 0.1) is 0 Å². The first-order chi connectivity index (χ1) is 6.35. The van der Waals surface area contributed by atoms with Gasteiger partial charge < -0.3 is 5.73 Å².